The van der Waals surface area contributed by atoms with Crippen LogP contribution in [0.1, 0.15) is 41.5 Å². The highest BCUT2D eigenvalue weighted by molar-refractivity contribution is 4.88. The zero-order chi connectivity index (χ0) is 9.72. The van der Waals surface area contributed by atoms with Crippen molar-refractivity contribution in [3.05, 3.63) is 12.3 Å². The summed E-state index contributed by atoms with van der Waals surface area (Å²) in [6.45, 7) is 13.3. The van der Waals surface area contributed by atoms with E-state index in [4.69, 9.17) is 0 Å². The molecule has 0 aromatic rings. The van der Waals surface area contributed by atoms with Gasteiger partial charge in [0.05, 0.1) is 0 Å². The molecular formula is C11H23N. The molecule has 0 N–H and O–H groups in total. The van der Waals surface area contributed by atoms with E-state index in [2.05, 4.69) is 58.7 Å². The highest BCUT2D eigenvalue weighted by Crippen LogP contribution is 2.07. The van der Waals surface area contributed by atoms with E-state index in [0.29, 0.717) is 18.0 Å². The Morgan fingerprint density at radius 3 is 1.50 bits per heavy atom. The van der Waals surface area contributed by atoms with E-state index in [0.717, 1.165) is 0 Å². The zero-order valence-corrected chi connectivity index (χ0v) is 9.33. The number of hydrogen-bond acceptors (Lipinski definition) is 1. The lowest BCUT2D eigenvalue weighted by molar-refractivity contribution is 0.254. The standard InChI is InChI=1S/C11H23N/c1-9(2)7-8-12(10(3)4)11(5)6/h7-11H,1-6H3/b8-7+. The molecule has 0 heterocycles. The second-order valence-corrected chi connectivity index (χ2v) is 4.22. The van der Waals surface area contributed by atoms with Crippen molar-refractivity contribution in [1.82, 2.24) is 4.90 Å². The lowest BCUT2D eigenvalue weighted by Crippen LogP contribution is -2.31. The number of allylic oxidation sites excluding steroid dienone is 1. The molecule has 0 rings (SSSR count). The molecule has 12 heavy (non-hydrogen) atoms. The topological polar surface area (TPSA) is 3.24 Å². The van der Waals surface area contributed by atoms with E-state index in [9.17, 15) is 0 Å². The summed E-state index contributed by atoms with van der Waals surface area (Å²) in [6.07, 6.45) is 4.47. The van der Waals surface area contributed by atoms with Crippen molar-refractivity contribution in [3.8, 4) is 0 Å². The van der Waals surface area contributed by atoms with E-state index in [1.54, 1.807) is 0 Å². The van der Waals surface area contributed by atoms with Gasteiger partial charge in [-0.15, -0.1) is 0 Å². The van der Waals surface area contributed by atoms with Gasteiger partial charge in [0, 0.05) is 12.1 Å². The SMILES string of the molecule is CC(C)/C=C/N(C(C)C)C(C)C. The molecular weight excluding hydrogens is 146 g/mol. The van der Waals surface area contributed by atoms with Crippen molar-refractivity contribution in [2.75, 3.05) is 0 Å². The Hall–Kier alpha value is -0.460. The normalized spacial score (nSPS) is 12.4. The fourth-order valence-corrected chi connectivity index (χ4v) is 1.21. The van der Waals surface area contributed by atoms with Gasteiger partial charge in [0.2, 0.25) is 0 Å². The maximum absolute atomic E-state index is 2.38. The van der Waals surface area contributed by atoms with E-state index in [-0.39, 0.29) is 0 Å². The van der Waals surface area contributed by atoms with Gasteiger partial charge in [0.1, 0.15) is 0 Å². The molecule has 0 radical (unpaired) electrons. The Balaban J connectivity index is 4.14. The van der Waals surface area contributed by atoms with Gasteiger partial charge in [-0.25, -0.2) is 0 Å². The number of hydrogen-bond donors (Lipinski definition) is 0. The van der Waals surface area contributed by atoms with Crippen LogP contribution in [0.2, 0.25) is 0 Å². The van der Waals surface area contributed by atoms with Crippen molar-refractivity contribution < 1.29 is 0 Å². The van der Waals surface area contributed by atoms with Crippen LogP contribution in [0.4, 0.5) is 0 Å². The summed E-state index contributed by atoms with van der Waals surface area (Å²) in [7, 11) is 0. The van der Waals surface area contributed by atoms with Gasteiger partial charge in [0.25, 0.3) is 0 Å². The second-order valence-electron chi connectivity index (χ2n) is 4.22. The van der Waals surface area contributed by atoms with Crippen LogP contribution in [0.15, 0.2) is 12.3 Å². The van der Waals surface area contributed by atoms with E-state index >= 15 is 0 Å². The first-order valence-corrected chi connectivity index (χ1v) is 4.91. The van der Waals surface area contributed by atoms with Gasteiger partial charge < -0.3 is 4.90 Å². The second kappa shape index (κ2) is 5.23. The third-order valence-corrected chi connectivity index (χ3v) is 1.84. The lowest BCUT2D eigenvalue weighted by Gasteiger charge is -2.29. The Labute approximate surface area is 77.5 Å². The van der Waals surface area contributed by atoms with Crippen molar-refractivity contribution >= 4 is 0 Å². The van der Waals surface area contributed by atoms with Crippen molar-refractivity contribution in [2.45, 2.75) is 53.6 Å². The van der Waals surface area contributed by atoms with Gasteiger partial charge in [0.15, 0.2) is 0 Å². The Morgan fingerprint density at radius 2 is 1.25 bits per heavy atom. The van der Waals surface area contributed by atoms with Crippen LogP contribution in [0.5, 0.6) is 0 Å². The van der Waals surface area contributed by atoms with Crippen LogP contribution < -0.4 is 0 Å². The van der Waals surface area contributed by atoms with Crippen LogP contribution in [-0.2, 0) is 0 Å². The van der Waals surface area contributed by atoms with Crippen LogP contribution in [-0.4, -0.2) is 17.0 Å². The average Bonchev–Trinajstić information content (AvgIpc) is 1.84. The molecule has 0 bridgehead atoms. The van der Waals surface area contributed by atoms with Crippen LogP contribution in [0.25, 0.3) is 0 Å². The summed E-state index contributed by atoms with van der Waals surface area (Å²) in [5, 5.41) is 0. The highest BCUT2D eigenvalue weighted by Gasteiger charge is 2.07. The Kier molecular flexibility index (Phi) is 5.03. The molecule has 72 valence electrons. The van der Waals surface area contributed by atoms with Gasteiger partial charge in [-0.1, -0.05) is 19.9 Å². The lowest BCUT2D eigenvalue weighted by atomic mass is 10.2. The summed E-state index contributed by atoms with van der Waals surface area (Å²) in [4.78, 5) is 2.38. The summed E-state index contributed by atoms with van der Waals surface area (Å²) >= 11 is 0. The maximum Gasteiger partial charge on any atom is 0.0230 e. The summed E-state index contributed by atoms with van der Waals surface area (Å²) in [5.74, 6) is 0.644. The van der Waals surface area contributed by atoms with Crippen LogP contribution in [0.3, 0.4) is 0 Å². The minimum atomic E-state index is 0.597. The molecule has 0 saturated carbocycles. The van der Waals surface area contributed by atoms with E-state index in [1.165, 1.54) is 0 Å². The summed E-state index contributed by atoms with van der Waals surface area (Å²) < 4.78 is 0. The monoisotopic (exact) mass is 169 g/mol. The van der Waals surface area contributed by atoms with Gasteiger partial charge in [-0.05, 0) is 39.8 Å². The first-order chi connectivity index (χ1) is 5.45. The maximum atomic E-state index is 2.38. The fraction of sp³-hybridized carbons (Fsp3) is 0.818. The third-order valence-electron chi connectivity index (χ3n) is 1.84. The summed E-state index contributed by atoms with van der Waals surface area (Å²) in [5.41, 5.74) is 0. The molecule has 1 nitrogen and oxygen atoms in total. The fourth-order valence-electron chi connectivity index (χ4n) is 1.21. The molecule has 0 unspecified atom stereocenters. The molecule has 0 aromatic carbocycles. The molecule has 0 aliphatic carbocycles. The van der Waals surface area contributed by atoms with Crippen molar-refractivity contribution in [1.29, 1.82) is 0 Å². The quantitative estimate of drug-likeness (QED) is 0.624. The van der Waals surface area contributed by atoms with Gasteiger partial charge in [-0.3, -0.25) is 0 Å². The van der Waals surface area contributed by atoms with Gasteiger partial charge >= 0.3 is 0 Å². The molecule has 0 atom stereocenters. The van der Waals surface area contributed by atoms with Gasteiger partial charge in [-0.2, -0.15) is 0 Å². The average molecular weight is 169 g/mol. The highest BCUT2D eigenvalue weighted by atomic mass is 15.1. The molecule has 0 amide bonds. The minimum absolute atomic E-state index is 0.597. The first kappa shape index (κ1) is 11.5. The molecule has 0 fully saturated rings. The molecule has 0 aromatic heterocycles. The smallest absolute Gasteiger partial charge is 0.0230 e. The predicted molar refractivity (Wildman–Crippen MR) is 56.1 cm³/mol. The Morgan fingerprint density at radius 1 is 0.833 bits per heavy atom. The molecule has 0 saturated heterocycles. The predicted octanol–water partition coefficient (Wildman–Crippen LogP) is 3.27. The van der Waals surface area contributed by atoms with Crippen LogP contribution >= 0.6 is 0 Å². The van der Waals surface area contributed by atoms with Crippen molar-refractivity contribution in [2.24, 2.45) is 5.92 Å². The molecule has 0 aliphatic rings. The molecule has 1 heteroatoms. The molecule has 0 aliphatic heterocycles. The van der Waals surface area contributed by atoms with Crippen LogP contribution in [0, 0.1) is 5.92 Å². The zero-order valence-electron chi connectivity index (χ0n) is 9.33. The van der Waals surface area contributed by atoms with Crippen molar-refractivity contribution in [3.63, 3.8) is 0 Å². The minimum Gasteiger partial charge on any atom is -0.373 e. The Bertz CT molecular complexity index is 126. The van der Waals surface area contributed by atoms with E-state index in [1.807, 2.05) is 0 Å². The van der Waals surface area contributed by atoms with E-state index < -0.39 is 0 Å². The summed E-state index contributed by atoms with van der Waals surface area (Å²) in [6, 6.07) is 1.19. The molecule has 0 spiro atoms. The first-order valence-electron chi connectivity index (χ1n) is 4.91. The largest absolute Gasteiger partial charge is 0.373 e. The number of rotatable bonds is 4. The number of nitrogens with zero attached hydrogens (tertiary/aromatic N) is 1. The third kappa shape index (κ3) is 4.42.